The van der Waals surface area contributed by atoms with Gasteiger partial charge in [0.2, 0.25) is 11.8 Å². The Hall–Kier alpha value is -2.08. The van der Waals surface area contributed by atoms with Crippen molar-refractivity contribution >= 4 is 11.8 Å². The largest absolute Gasteiger partial charge is 0.387 e. The van der Waals surface area contributed by atoms with Crippen LogP contribution in [0.4, 0.5) is 0 Å². The third-order valence-electron chi connectivity index (χ3n) is 3.26. The van der Waals surface area contributed by atoms with Gasteiger partial charge in [0, 0.05) is 25.9 Å². The van der Waals surface area contributed by atoms with Crippen LogP contribution in [0.1, 0.15) is 38.5 Å². The topological polar surface area (TPSA) is 90.5 Å². The van der Waals surface area contributed by atoms with Gasteiger partial charge < -0.3 is 10.6 Å². The van der Waals surface area contributed by atoms with Crippen molar-refractivity contribution in [1.29, 1.82) is 0 Å². The van der Waals surface area contributed by atoms with Crippen molar-refractivity contribution in [3.63, 3.8) is 0 Å². The zero-order chi connectivity index (χ0) is 16.0. The standard InChI is InChI=1S/C16H25N3O3/c20-15(8-4-5-9-16(21)19-22)18-12-10-14-7-3-1-2-6-11-17-13-14/h1-3,6,13,17,22H,4-5,7-12H2,(H,18,20)(H,19,21)/b3-1-,6-2-,14-13+. The lowest BCUT2D eigenvalue weighted by Gasteiger charge is -2.08. The number of nitrogens with one attached hydrogen (secondary N) is 3. The summed E-state index contributed by atoms with van der Waals surface area (Å²) in [5, 5.41) is 14.4. The Kier molecular flexibility index (Phi) is 9.45. The Labute approximate surface area is 131 Å². The Morgan fingerprint density at radius 3 is 2.64 bits per heavy atom. The number of hydroxylamine groups is 1. The van der Waals surface area contributed by atoms with Gasteiger partial charge in [0.1, 0.15) is 0 Å². The van der Waals surface area contributed by atoms with E-state index in [4.69, 9.17) is 5.21 Å². The lowest BCUT2D eigenvalue weighted by molar-refractivity contribution is -0.129. The molecule has 0 saturated carbocycles. The third kappa shape index (κ3) is 8.97. The lowest BCUT2D eigenvalue weighted by Crippen LogP contribution is -2.24. The molecule has 0 spiro atoms. The normalized spacial score (nSPS) is 19.4. The molecule has 0 aromatic carbocycles. The molecule has 6 heteroatoms. The Morgan fingerprint density at radius 1 is 1.14 bits per heavy atom. The number of carbonyl (C=O) groups excluding carboxylic acids is 2. The summed E-state index contributed by atoms with van der Waals surface area (Å²) in [6.07, 6.45) is 13.8. The van der Waals surface area contributed by atoms with Gasteiger partial charge in [-0.15, -0.1) is 0 Å². The monoisotopic (exact) mass is 307 g/mol. The summed E-state index contributed by atoms with van der Waals surface area (Å²) >= 11 is 0. The molecule has 0 aromatic rings. The zero-order valence-corrected chi connectivity index (χ0v) is 12.8. The Morgan fingerprint density at radius 2 is 1.86 bits per heavy atom. The molecule has 1 aliphatic heterocycles. The van der Waals surface area contributed by atoms with Gasteiger partial charge >= 0.3 is 0 Å². The summed E-state index contributed by atoms with van der Waals surface area (Å²) in [6, 6.07) is 0. The molecule has 122 valence electrons. The molecule has 4 N–H and O–H groups in total. The number of amides is 2. The fourth-order valence-corrected chi connectivity index (χ4v) is 2.03. The fraction of sp³-hybridized carbons (Fsp3) is 0.500. The van der Waals surface area contributed by atoms with E-state index in [9.17, 15) is 9.59 Å². The van der Waals surface area contributed by atoms with Crippen LogP contribution in [0.5, 0.6) is 0 Å². The molecule has 0 unspecified atom stereocenters. The van der Waals surface area contributed by atoms with Gasteiger partial charge in [-0.05, 0) is 37.5 Å². The molecule has 6 nitrogen and oxygen atoms in total. The molecule has 0 aromatic heterocycles. The van der Waals surface area contributed by atoms with Crippen LogP contribution in [0, 0.1) is 0 Å². The molecule has 1 rings (SSSR count). The molecular weight excluding hydrogens is 282 g/mol. The zero-order valence-electron chi connectivity index (χ0n) is 12.8. The van der Waals surface area contributed by atoms with E-state index in [0.29, 0.717) is 25.8 Å². The molecule has 0 atom stereocenters. The molecular formula is C16H25N3O3. The van der Waals surface area contributed by atoms with E-state index in [1.807, 2.05) is 18.4 Å². The second-order valence-corrected chi connectivity index (χ2v) is 5.11. The van der Waals surface area contributed by atoms with Crippen LogP contribution in [0.15, 0.2) is 36.1 Å². The minimum Gasteiger partial charge on any atom is -0.387 e. The summed E-state index contributed by atoms with van der Waals surface area (Å²) in [6.45, 7) is 1.42. The van der Waals surface area contributed by atoms with Crippen molar-refractivity contribution in [3.8, 4) is 0 Å². The first-order valence-corrected chi connectivity index (χ1v) is 7.65. The average molecular weight is 307 g/mol. The summed E-state index contributed by atoms with van der Waals surface area (Å²) < 4.78 is 0. The van der Waals surface area contributed by atoms with Crippen LogP contribution < -0.4 is 16.1 Å². The first kappa shape index (κ1) is 18.0. The van der Waals surface area contributed by atoms with Gasteiger partial charge in [0.15, 0.2) is 0 Å². The second kappa shape index (κ2) is 11.6. The van der Waals surface area contributed by atoms with Crippen molar-refractivity contribution < 1.29 is 14.8 Å². The summed E-state index contributed by atoms with van der Waals surface area (Å²) in [5.41, 5.74) is 2.83. The van der Waals surface area contributed by atoms with Crippen LogP contribution in [0.2, 0.25) is 0 Å². The number of hydrogen-bond acceptors (Lipinski definition) is 4. The molecule has 22 heavy (non-hydrogen) atoms. The third-order valence-corrected chi connectivity index (χ3v) is 3.26. The Balaban J connectivity index is 2.12. The minimum absolute atomic E-state index is 0.00163. The van der Waals surface area contributed by atoms with Gasteiger partial charge in [0.05, 0.1) is 0 Å². The van der Waals surface area contributed by atoms with E-state index in [1.54, 1.807) is 5.48 Å². The number of hydrogen-bond donors (Lipinski definition) is 4. The molecule has 1 heterocycles. The molecule has 0 saturated heterocycles. The highest BCUT2D eigenvalue weighted by Gasteiger charge is 2.04. The molecule has 1 aliphatic rings. The average Bonchev–Trinajstić information content (AvgIpc) is 2.65. The smallest absolute Gasteiger partial charge is 0.243 e. The van der Waals surface area contributed by atoms with E-state index in [1.165, 1.54) is 5.57 Å². The van der Waals surface area contributed by atoms with Crippen molar-refractivity contribution in [3.05, 3.63) is 36.1 Å². The van der Waals surface area contributed by atoms with E-state index in [0.717, 1.165) is 19.4 Å². The van der Waals surface area contributed by atoms with E-state index >= 15 is 0 Å². The van der Waals surface area contributed by atoms with Gasteiger partial charge in [-0.25, -0.2) is 5.48 Å². The molecule has 0 fully saturated rings. The predicted molar refractivity (Wildman–Crippen MR) is 85.0 cm³/mol. The van der Waals surface area contributed by atoms with Crippen molar-refractivity contribution in [1.82, 2.24) is 16.1 Å². The van der Waals surface area contributed by atoms with Crippen LogP contribution in [-0.2, 0) is 9.59 Å². The van der Waals surface area contributed by atoms with Crippen molar-refractivity contribution in [2.45, 2.75) is 38.5 Å². The molecule has 0 bridgehead atoms. The van der Waals surface area contributed by atoms with Gasteiger partial charge in [0.25, 0.3) is 0 Å². The van der Waals surface area contributed by atoms with Crippen molar-refractivity contribution in [2.24, 2.45) is 0 Å². The minimum atomic E-state index is -0.414. The molecule has 0 aliphatic carbocycles. The maximum Gasteiger partial charge on any atom is 0.243 e. The highest BCUT2D eigenvalue weighted by molar-refractivity contribution is 5.76. The van der Waals surface area contributed by atoms with E-state index in [2.05, 4.69) is 22.8 Å². The SMILES string of the molecule is O=C(CCCCC(=O)NCC/C1=C/NC/C=C\C=C/C1)NO. The van der Waals surface area contributed by atoms with E-state index in [-0.39, 0.29) is 12.3 Å². The summed E-state index contributed by atoms with van der Waals surface area (Å²) in [7, 11) is 0. The number of unbranched alkanes of at least 4 members (excludes halogenated alkanes) is 1. The maximum atomic E-state index is 11.7. The number of rotatable bonds is 8. The van der Waals surface area contributed by atoms with Crippen LogP contribution in [0.3, 0.4) is 0 Å². The summed E-state index contributed by atoms with van der Waals surface area (Å²) in [4.78, 5) is 22.5. The number of allylic oxidation sites excluding steroid dienone is 3. The number of carbonyl (C=O) groups is 2. The highest BCUT2D eigenvalue weighted by atomic mass is 16.5. The molecule has 0 radical (unpaired) electrons. The quantitative estimate of drug-likeness (QED) is 0.311. The maximum absolute atomic E-state index is 11.7. The Bertz CT molecular complexity index is 442. The lowest BCUT2D eigenvalue weighted by atomic mass is 10.1. The van der Waals surface area contributed by atoms with Gasteiger partial charge in [-0.3, -0.25) is 14.8 Å². The van der Waals surface area contributed by atoms with Crippen LogP contribution in [-0.4, -0.2) is 30.1 Å². The van der Waals surface area contributed by atoms with Crippen LogP contribution >= 0.6 is 0 Å². The first-order chi connectivity index (χ1) is 10.7. The van der Waals surface area contributed by atoms with Gasteiger partial charge in [-0.1, -0.05) is 24.3 Å². The van der Waals surface area contributed by atoms with Gasteiger partial charge in [-0.2, -0.15) is 0 Å². The van der Waals surface area contributed by atoms with Crippen LogP contribution in [0.25, 0.3) is 0 Å². The fourth-order valence-electron chi connectivity index (χ4n) is 2.03. The van der Waals surface area contributed by atoms with Crippen molar-refractivity contribution in [2.75, 3.05) is 13.1 Å². The molecule has 2 amide bonds. The predicted octanol–water partition coefficient (Wildman–Crippen LogP) is 1.55. The first-order valence-electron chi connectivity index (χ1n) is 7.65. The second-order valence-electron chi connectivity index (χ2n) is 5.11. The highest BCUT2D eigenvalue weighted by Crippen LogP contribution is 2.07. The summed E-state index contributed by atoms with van der Waals surface area (Å²) in [5.74, 6) is -0.416. The van der Waals surface area contributed by atoms with E-state index < -0.39 is 5.91 Å².